The number of piperidine rings is 1. The predicted molar refractivity (Wildman–Crippen MR) is 124 cm³/mol. The van der Waals surface area contributed by atoms with Gasteiger partial charge >= 0.3 is 0 Å². The van der Waals surface area contributed by atoms with Gasteiger partial charge in [-0.05, 0) is 38.0 Å². The van der Waals surface area contributed by atoms with E-state index in [1.807, 2.05) is 28.9 Å². The average Bonchev–Trinajstić information content (AvgIpc) is 3.32. The molecule has 9 heteroatoms. The summed E-state index contributed by atoms with van der Waals surface area (Å²) in [5, 5.41) is 4.84. The maximum atomic E-state index is 13.2. The number of amides is 2. The first kappa shape index (κ1) is 23.6. The Labute approximate surface area is 199 Å². The second-order valence-electron chi connectivity index (χ2n) is 8.83. The van der Waals surface area contributed by atoms with Crippen LogP contribution in [0.1, 0.15) is 36.5 Å². The maximum absolute atomic E-state index is 13.2. The number of aromatic nitrogens is 2. The number of nitrogens with zero attached hydrogens (tertiary/aromatic N) is 4. The van der Waals surface area contributed by atoms with Crippen molar-refractivity contribution in [3.05, 3.63) is 47.2 Å². The molecule has 1 aromatic heterocycles. The molecule has 33 heavy (non-hydrogen) atoms. The molecular weight excluding hydrogens is 444 g/mol. The summed E-state index contributed by atoms with van der Waals surface area (Å²) in [6, 6.07) is 7.26. The van der Waals surface area contributed by atoms with Crippen LogP contribution in [0.4, 0.5) is 0 Å². The van der Waals surface area contributed by atoms with Crippen molar-refractivity contribution in [2.75, 3.05) is 46.0 Å². The highest BCUT2D eigenvalue weighted by Gasteiger charge is 2.41. The highest BCUT2D eigenvalue weighted by Crippen LogP contribution is 2.36. The standard InChI is InChI=1S/C24H31ClN4O4/c1-2-29-16-19(15-26-29)23(31)28-8-4-7-24(17-28,14-22(30)27-9-11-32-12-10-27)18-33-21-6-3-5-20(25)13-21/h3,5-6,13,15-16H,2,4,7-12,14,17-18H2,1H3/t24-/m1/s1. The Morgan fingerprint density at radius 3 is 2.76 bits per heavy atom. The molecule has 2 aromatic rings. The first-order valence-electron chi connectivity index (χ1n) is 11.5. The van der Waals surface area contributed by atoms with Crippen LogP contribution in [0.15, 0.2) is 36.7 Å². The number of morpholine rings is 1. The van der Waals surface area contributed by atoms with Gasteiger partial charge in [-0.25, -0.2) is 0 Å². The fourth-order valence-corrected chi connectivity index (χ4v) is 4.74. The Kier molecular flexibility index (Phi) is 7.55. The van der Waals surface area contributed by atoms with Gasteiger partial charge in [0.15, 0.2) is 0 Å². The second kappa shape index (κ2) is 10.6. The lowest BCUT2D eigenvalue weighted by Gasteiger charge is -2.43. The van der Waals surface area contributed by atoms with Crippen LogP contribution in [0.25, 0.3) is 0 Å². The van der Waals surface area contributed by atoms with Gasteiger partial charge in [0.1, 0.15) is 5.75 Å². The maximum Gasteiger partial charge on any atom is 0.257 e. The molecule has 2 aliphatic rings. The SMILES string of the molecule is CCn1cc(C(=O)N2CCC[C@@](COc3cccc(Cl)c3)(CC(=O)N3CCOCC3)C2)cn1. The van der Waals surface area contributed by atoms with Gasteiger partial charge in [-0.1, -0.05) is 17.7 Å². The summed E-state index contributed by atoms with van der Waals surface area (Å²) < 4.78 is 13.3. The molecule has 0 bridgehead atoms. The van der Waals surface area contributed by atoms with E-state index in [-0.39, 0.29) is 11.8 Å². The smallest absolute Gasteiger partial charge is 0.257 e. The third-order valence-corrected chi connectivity index (χ3v) is 6.62. The van der Waals surface area contributed by atoms with Crippen molar-refractivity contribution in [2.45, 2.75) is 32.7 Å². The molecule has 178 valence electrons. The fraction of sp³-hybridized carbons (Fsp3) is 0.542. The summed E-state index contributed by atoms with van der Waals surface area (Å²) in [5.41, 5.74) is 0.0923. The minimum absolute atomic E-state index is 0.0552. The normalized spacial score (nSPS) is 21.2. The van der Waals surface area contributed by atoms with Crippen LogP contribution in [0.5, 0.6) is 5.75 Å². The van der Waals surface area contributed by atoms with E-state index >= 15 is 0 Å². The molecule has 4 rings (SSSR count). The van der Waals surface area contributed by atoms with Crippen molar-refractivity contribution in [3.63, 3.8) is 0 Å². The predicted octanol–water partition coefficient (Wildman–Crippen LogP) is 3.11. The first-order valence-corrected chi connectivity index (χ1v) is 11.9. The van der Waals surface area contributed by atoms with Crippen LogP contribution in [-0.4, -0.2) is 77.4 Å². The number of halogens is 1. The number of rotatable bonds is 7. The number of carbonyl (C=O) groups is 2. The topological polar surface area (TPSA) is 76.9 Å². The van der Waals surface area contributed by atoms with Crippen LogP contribution in [0.2, 0.25) is 5.02 Å². The molecule has 3 heterocycles. The van der Waals surface area contributed by atoms with Crippen LogP contribution >= 0.6 is 11.6 Å². The molecule has 2 amide bonds. The molecule has 8 nitrogen and oxygen atoms in total. The number of likely N-dealkylation sites (tertiary alicyclic amines) is 1. The van der Waals surface area contributed by atoms with Gasteiger partial charge in [-0.15, -0.1) is 0 Å². The van der Waals surface area contributed by atoms with Gasteiger partial charge in [0.25, 0.3) is 5.91 Å². The number of carbonyl (C=O) groups excluding carboxylic acids is 2. The Bertz CT molecular complexity index is 975. The summed E-state index contributed by atoms with van der Waals surface area (Å²) in [6.07, 6.45) is 5.33. The van der Waals surface area contributed by atoms with Crippen LogP contribution in [0.3, 0.4) is 0 Å². The lowest BCUT2D eigenvalue weighted by Crippen LogP contribution is -2.52. The minimum atomic E-state index is -0.480. The van der Waals surface area contributed by atoms with Crippen molar-refractivity contribution in [1.29, 1.82) is 0 Å². The van der Waals surface area contributed by atoms with Crippen molar-refractivity contribution in [3.8, 4) is 5.75 Å². The van der Waals surface area contributed by atoms with E-state index < -0.39 is 5.41 Å². The zero-order chi connectivity index (χ0) is 23.3. The second-order valence-corrected chi connectivity index (χ2v) is 9.27. The van der Waals surface area contributed by atoms with Crippen LogP contribution < -0.4 is 4.74 Å². The van der Waals surface area contributed by atoms with E-state index in [2.05, 4.69) is 5.10 Å². The highest BCUT2D eigenvalue weighted by atomic mass is 35.5. The molecule has 1 aromatic carbocycles. The van der Waals surface area contributed by atoms with E-state index in [0.717, 1.165) is 12.8 Å². The van der Waals surface area contributed by atoms with E-state index in [4.69, 9.17) is 21.1 Å². The zero-order valence-electron chi connectivity index (χ0n) is 19.0. The van der Waals surface area contributed by atoms with Crippen molar-refractivity contribution >= 4 is 23.4 Å². The summed E-state index contributed by atoms with van der Waals surface area (Å²) in [5.74, 6) is 0.690. The van der Waals surface area contributed by atoms with Gasteiger partial charge in [-0.2, -0.15) is 5.10 Å². The molecule has 0 radical (unpaired) electrons. The molecule has 1 atom stereocenters. The summed E-state index contributed by atoms with van der Waals surface area (Å²) in [4.78, 5) is 30.1. The van der Waals surface area contributed by atoms with E-state index in [0.29, 0.717) is 75.3 Å². The van der Waals surface area contributed by atoms with Gasteiger partial charge in [-0.3, -0.25) is 14.3 Å². The number of hydrogen-bond donors (Lipinski definition) is 0. The number of hydrogen-bond acceptors (Lipinski definition) is 5. The quantitative estimate of drug-likeness (QED) is 0.616. The van der Waals surface area contributed by atoms with Gasteiger partial charge in [0.05, 0.1) is 31.6 Å². The van der Waals surface area contributed by atoms with E-state index in [1.165, 1.54) is 0 Å². The first-order chi connectivity index (χ1) is 16.0. The molecule has 0 saturated carbocycles. The molecular formula is C24H31ClN4O4. The Morgan fingerprint density at radius 2 is 2.03 bits per heavy atom. The minimum Gasteiger partial charge on any atom is -0.493 e. The highest BCUT2D eigenvalue weighted by molar-refractivity contribution is 6.30. The molecule has 2 saturated heterocycles. The van der Waals surface area contributed by atoms with E-state index in [9.17, 15) is 9.59 Å². The van der Waals surface area contributed by atoms with Crippen LogP contribution in [-0.2, 0) is 16.1 Å². The van der Waals surface area contributed by atoms with Crippen molar-refractivity contribution in [2.24, 2.45) is 5.41 Å². The summed E-state index contributed by atoms with van der Waals surface area (Å²) in [7, 11) is 0. The third-order valence-electron chi connectivity index (χ3n) is 6.38. The van der Waals surface area contributed by atoms with E-state index in [1.54, 1.807) is 29.2 Å². The Hall–Kier alpha value is -2.58. The lowest BCUT2D eigenvalue weighted by atomic mass is 9.77. The molecule has 0 unspecified atom stereocenters. The lowest BCUT2D eigenvalue weighted by molar-refractivity contribution is -0.139. The number of benzene rings is 1. The number of aryl methyl sites for hydroxylation is 1. The monoisotopic (exact) mass is 474 g/mol. The van der Waals surface area contributed by atoms with Gasteiger partial charge in [0, 0.05) is 55.8 Å². The average molecular weight is 475 g/mol. The molecule has 2 fully saturated rings. The van der Waals surface area contributed by atoms with Crippen molar-refractivity contribution < 1.29 is 19.1 Å². The molecule has 0 aliphatic carbocycles. The number of ether oxygens (including phenoxy) is 2. The largest absolute Gasteiger partial charge is 0.493 e. The summed E-state index contributed by atoms with van der Waals surface area (Å²) >= 11 is 6.12. The Morgan fingerprint density at radius 1 is 1.21 bits per heavy atom. The third kappa shape index (κ3) is 5.86. The Balaban J connectivity index is 1.52. The summed E-state index contributed by atoms with van der Waals surface area (Å²) in [6.45, 7) is 6.46. The molecule has 0 spiro atoms. The fourth-order valence-electron chi connectivity index (χ4n) is 4.56. The van der Waals surface area contributed by atoms with Crippen LogP contribution in [0, 0.1) is 5.41 Å². The molecule has 2 aliphatic heterocycles. The van der Waals surface area contributed by atoms with Gasteiger partial charge in [0.2, 0.25) is 5.91 Å². The van der Waals surface area contributed by atoms with Gasteiger partial charge < -0.3 is 19.3 Å². The zero-order valence-corrected chi connectivity index (χ0v) is 19.8. The molecule has 0 N–H and O–H groups in total. The van der Waals surface area contributed by atoms with Crippen molar-refractivity contribution in [1.82, 2.24) is 19.6 Å².